The fourth-order valence-corrected chi connectivity index (χ4v) is 4.27. The number of benzene rings is 5. The molecule has 0 saturated heterocycles. The minimum atomic E-state index is -0.235. The zero-order valence-electron chi connectivity index (χ0n) is 19.9. The van der Waals surface area contributed by atoms with Crippen LogP contribution in [0, 0.1) is 5.82 Å². The molecule has 0 spiro atoms. The van der Waals surface area contributed by atoms with Gasteiger partial charge in [0.1, 0.15) is 5.82 Å². The predicted molar refractivity (Wildman–Crippen MR) is 147 cm³/mol. The summed E-state index contributed by atoms with van der Waals surface area (Å²) in [4.78, 5) is 14.4. The van der Waals surface area contributed by atoms with E-state index in [1.807, 2.05) is 91.0 Å². The first-order chi connectivity index (χ1) is 18.2. The second-order valence-electron chi connectivity index (χ2n) is 8.70. The number of hydrogen-bond acceptors (Lipinski definition) is 3. The van der Waals surface area contributed by atoms with Gasteiger partial charge in [-0.15, -0.1) is 0 Å². The van der Waals surface area contributed by atoms with Gasteiger partial charge in [0.15, 0.2) is 17.5 Å². The highest BCUT2D eigenvalue weighted by atomic mass is 19.1. The third-order valence-electron chi connectivity index (χ3n) is 6.22. The van der Waals surface area contributed by atoms with Crippen molar-refractivity contribution in [3.05, 3.63) is 139 Å². The van der Waals surface area contributed by atoms with E-state index in [0.29, 0.717) is 17.5 Å². The molecule has 0 aliphatic carbocycles. The Morgan fingerprint density at radius 3 is 1.11 bits per heavy atom. The van der Waals surface area contributed by atoms with Crippen LogP contribution in [0.1, 0.15) is 0 Å². The molecule has 37 heavy (non-hydrogen) atoms. The van der Waals surface area contributed by atoms with Crippen LogP contribution < -0.4 is 0 Å². The van der Waals surface area contributed by atoms with E-state index in [9.17, 15) is 4.39 Å². The van der Waals surface area contributed by atoms with E-state index in [-0.39, 0.29) is 5.82 Å². The second-order valence-corrected chi connectivity index (χ2v) is 8.70. The van der Waals surface area contributed by atoms with Gasteiger partial charge in [-0.25, -0.2) is 19.3 Å². The smallest absolute Gasteiger partial charge is 0.164 e. The van der Waals surface area contributed by atoms with Crippen molar-refractivity contribution in [2.75, 3.05) is 0 Å². The Balaban J connectivity index is 1.34. The van der Waals surface area contributed by atoms with Crippen molar-refractivity contribution < 1.29 is 4.39 Å². The predicted octanol–water partition coefficient (Wildman–Crippen LogP) is 8.35. The first kappa shape index (κ1) is 22.5. The highest BCUT2D eigenvalue weighted by Gasteiger charge is 2.12. The van der Waals surface area contributed by atoms with Crippen molar-refractivity contribution >= 4 is 0 Å². The SMILES string of the molecule is Fc1cccc(-c2ccc(-c3ccc(-c4nc(-c5ccccc5)nc(-c5ccccc5)n4)cc3)cc2)c1. The average molecular weight is 480 g/mol. The van der Waals surface area contributed by atoms with Crippen molar-refractivity contribution in [2.24, 2.45) is 0 Å². The summed E-state index contributed by atoms with van der Waals surface area (Å²) in [6.45, 7) is 0. The molecule has 0 aliphatic rings. The van der Waals surface area contributed by atoms with E-state index in [4.69, 9.17) is 15.0 Å². The quantitative estimate of drug-likeness (QED) is 0.249. The molecule has 176 valence electrons. The van der Waals surface area contributed by atoms with Gasteiger partial charge < -0.3 is 0 Å². The topological polar surface area (TPSA) is 38.7 Å². The molecule has 4 heteroatoms. The maximum absolute atomic E-state index is 13.6. The Bertz CT molecular complexity index is 1590. The van der Waals surface area contributed by atoms with Crippen LogP contribution in [-0.4, -0.2) is 15.0 Å². The van der Waals surface area contributed by atoms with E-state index < -0.39 is 0 Å². The van der Waals surface area contributed by atoms with Crippen LogP contribution in [-0.2, 0) is 0 Å². The van der Waals surface area contributed by atoms with Crippen molar-refractivity contribution in [3.8, 4) is 56.4 Å². The Hall–Kier alpha value is -4.96. The van der Waals surface area contributed by atoms with Gasteiger partial charge in [0.25, 0.3) is 0 Å². The lowest BCUT2D eigenvalue weighted by Crippen LogP contribution is -2.00. The minimum Gasteiger partial charge on any atom is -0.208 e. The Kier molecular flexibility index (Phi) is 6.05. The molecule has 0 N–H and O–H groups in total. The Morgan fingerprint density at radius 2 is 0.676 bits per heavy atom. The molecule has 0 radical (unpaired) electrons. The summed E-state index contributed by atoms with van der Waals surface area (Å²) in [6, 6.07) is 42.9. The normalized spacial score (nSPS) is 10.8. The van der Waals surface area contributed by atoms with E-state index in [1.54, 1.807) is 12.1 Å². The van der Waals surface area contributed by atoms with Crippen molar-refractivity contribution in [3.63, 3.8) is 0 Å². The van der Waals surface area contributed by atoms with Crippen LogP contribution in [0.25, 0.3) is 56.4 Å². The fraction of sp³-hybridized carbons (Fsp3) is 0. The van der Waals surface area contributed by atoms with Gasteiger partial charge in [0.2, 0.25) is 0 Å². The number of hydrogen-bond donors (Lipinski definition) is 0. The van der Waals surface area contributed by atoms with E-state index in [1.165, 1.54) is 6.07 Å². The Morgan fingerprint density at radius 1 is 0.324 bits per heavy atom. The fourth-order valence-electron chi connectivity index (χ4n) is 4.27. The zero-order valence-corrected chi connectivity index (χ0v) is 19.9. The molecule has 6 rings (SSSR count). The highest BCUT2D eigenvalue weighted by molar-refractivity contribution is 5.73. The molecular weight excluding hydrogens is 457 g/mol. The first-order valence-electron chi connectivity index (χ1n) is 12.1. The first-order valence-corrected chi connectivity index (χ1v) is 12.1. The van der Waals surface area contributed by atoms with Gasteiger partial charge in [-0.05, 0) is 34.4 Å². The zero-order chi connectivity index (χ0) is 25.0. The van der Waals surface area contributed by atoms with Crippen LogP contribution in [0.15, 0.2) is 133 Å². The minimum absolute atomic E-state index is 0.235. The molecule has 0 fully saturated rings. The van der Waals surface area contributed by atoms with Gasteiger partial charge in [0, 0.05) is 16.7 Å². The number of rotatable bonds is 5. The third kappa shape index (κ3) is 4.91. The molecule has 1 heterocycles. The standard InChI is InChI=1S/C33H22FN3/c34-30-13-7-12-29(22-30)25-16-14-23(15-17-25)24-18-20-28(21-19-24)33-36-31(26-8-3-1-4-9-26)35-32(37-33)27-10-5-2-6-11-27/h1-22H. The maximum Gasteiger partial charge on any atom is 0.164 e. The summed E-state index contributed by atoms with van der Waals surface area (Å²) in [5, 5.41) is 0. The largest absolute Gasteiger partial charge is 0.208 e. The Labute approximate surface area is 215 Å². The molecule has 0 atom stereocenters. The van der Waals surface area contributed by atoms with Gasteiger partial charge in [-0.1, -0.05) is 121 Å². The summed E-state index contributed by atoms with van der Waals surface area (Å²) in [5.74, 6) is 1.67. The van der Waals surface area contributed by atoms with E-state index >= 15 is 0 Å². The van der Waals surface area contributed by atoms with Crippen LogP contribution in [0.2, 0.25) is 0 Å². The third-order valence-corrected chi connectivity index (χ3v) is 6.22. The second kappa shape index (κ2) is 9.96. The van der Waals surface area contributed by atoms with E-state index in [0.717, 1.165) is 38.9 Å². The average Bonchev–Trinajstić information content (AvgIpc) is 2.98. The highest BCUT2D eigenvalue weighted by Crippen LogP contribution is 2.28. The molecule has 1 aromatic heterocycles. The lowest BCUT2D eigenvalue weighted by molar-refractivity contribution is 0.628. The molecule has 5 aromatic carbocycles. The van der Waals surface area contributed by atoms with Crippen LogP contribution in [0.3, 0.4) is 0 Å². The van der Waals surface area contributed by atoms with Gasteiger partial charge in [-0.2, -0.15) is 0 Å². The molecule has 0 unspecified atom stereocenters. The van der Waals surface area contributed by atoms with Crippen LogP contribution in [0.4, 0.5) is 4.39 Å². The van der Waals surface area contributed by atoms with Gasteiger partial charge in [0.05, 0.1) is 0 Å². The number of halogens is 1. The lowest BCUT2D eigenvalue weighted by atomic mass is 9.99. The van der Waals surface area contributed by atoms with Crippen molar-refractivity contribution in [1.82, 2.24) is 15.0 Å². The summed E-state index contributed by atoms with van der Waals surface area (Å²) < 4.78 is 13.6. The molecular formula is C33H22FN3. The number of nitrogens with zero attached hydrogens (tertiary/aromatic N) is 3. The molecule has 0 amide bonds. The molecule has 0 saturated carbocycles. The van der Waals surface area contributed by atoms with Crippen LogP contribution in [0.5, 0.6) is 0 Å². The monoisotopic (exact) mass is 479 g/mol. The summed E-state index contributed by atoms with van der Waals surface area (Å²) >= 11 is 0. The number of aromatic nitrogens is 3. The molecule has 3 nitrogen and oxygen atoms in total. The molecule has 0 aliphatic heterocycles. The maximum atomic E-state index is 13.6. The summed E-state index contributed by atoms with van der Waals surface area (Å²) in [5.41, 5.74) is 6.80. The van der Waals surface area contributed by atoms with Crippen molar-refractivity contribution in [1.29, 1.82) is 0 Å². The summed E-state index contributed by atoms with van der Waals surface area (Å²) in [6.07, 6.45) is 0. The van der Waals surface area contributed by atoms with E-state index in [2.05, 4.69) is 24.3 Å². The van der Waals surface area contributed by atoms with Crippen LogP contribution >= 0.6 is 0 Å². The van der Waals surface area contributed by atoms with Gasteiger partial charge >= 0.3 is 0 Å². The molecule has 6 aromatic rings. The van der Waals surface area contributed by atoms with Crippen molar-refractivity contribution in [2.45, 2.75) is 0 Å². The van der Waals surface area contributed by atoms with Gasteiger partial charge in [-0.3, -0.25) is 0 Å². The molecule has 0 bridgehead atoms. The summed E-state index contributed by atoms with van der Waals surface area (Å²) in [7, 11) is 0. The lowest BCUT2D eigenvalue weighted by Gasteiger charge is -2.09.